The third kappa shape index (κ3) is 1.37. The number of fused-ring (bicyclic) bond motifs is 1. The highest BCUT2D eigenvalue weighted by Gasteiger charge is 2.10. The Hall–Kier alpha value is -1.87. The minimum absolute atomic E-state index is 0.855. The molecule has 0 spiro atoms. The maximum atomic E-state index is 6.15. The minimum atomic E-state index is 0.855. The standard InChI is InChI=1S/C13H10N2S/c14-12-10-5-1-2-6-11(10)16-13(12)9-4-3-7-15-8-9/h1-8H,14H2. The average molecular weight is 226 g/mol. The van der Waals surface area contributed by atoms with Gasteiger partial charge in [-0.2, -0.15) is 0 Å². The Morgan fingerprint density at radius 3 is 2.69 bits per heavy atom. The van der Waals surface area contributed by atoms with Gasteiger partial charge in [-0.3, -0.25) is 4.98 Å². The molecule has 3 heteroatoms. The van der Waals surface area contributed by atoms with Crippen LogP contribution in [0.25, 0.3) is 20.5 Å². The van der Waals surface area contributed by atoms with Gasteiger partial charge in [-0.1, -0.05) is 24.3 Å². The highest BCUT2D eigenvalue weighted by Crippen LogP contribution is 2.40. The molecule has 2 N–H and O–H groups in total. The molecular formula is C13H10N2S. The molecule has 2 aromatic heterocycles. The zero-order valence-electron chi connectivity index (χ0n) is 8.55. The molecule has 2 nitrogen and oxygen atoms in total. The van der Waals surface area contributed by atoms with E-state index in [1.165, 1.54) is 4.70 Å². The van der Waals surface area contributed by atoms with Crippen molar-refractivity contribution in [1.29, 1.82) is 0 Å². The fourth-order valence-electron chi connectivity index (χ4n) is 1.78. The van der Waals surface area contributed by atoms with Gasteiger partial charge in [0.2, 0.25) is 0 Å². The number of benzene rings is 1. The van der Waals surface area contributed by atoms with Crippen LogP contribution in [0.15, 0.2) is 48.8 Å². The van der Waals surface area contributed by atoms with Crippen LogP contribution in [0.4, 0.5) is 5.69 Å². The first-order valence-corrected chi connectivity index (χ1v) is 5.85. The van der Waals surface area contributed by atoms with Gasteiger partial charge >= 0.3 is 0 Å². The molecule has 3 rings (SSSR count). The quantitative estimate of drug-likeness (QED) is 0.689. The molecule has 0 saturated heterocycles. The number of hydrogen-bond donors (Lipinski definition) is 1. The zero-order valence-corrected chi connectivity index (χ0v) is 9.37. The van der Waals surface area contributed by atoms with E-state index in [0.29, 0.717) is 0 Å². The molecular weight excluding hydrogens is 216 g/mol. The summed E-state index contributed by atoms with van der Waals surface area (Å²) >= 11 is 1.71. The number of rotatable bonds is 1. The van der Waals surface area contributed by atoms with E-state index in [0.717, 1.165) is 21.5 Å². The topological polar surface area (TPSA) is 38.9 Å². The van der Waals surface area contributed by atoms with E-state index in [4.69, 9.17) is 5.73 Å². The minimum Gasteiger partial charge on any atom is -0.397 e. The number of thiophene rings is 1. The molecule has 0 atom stereocenters. The van der Waals surface area contributed by atoms with Gasteiger partial charge in [-0.25, -0.2) is 0 Å². The molecule has 2 heterocycles. The first-order valence-electron chi connectivity index (χ1n) is 5.03. The summed E-state index contributed by atoms with van der Waals surface area (Å²) in [4.78, 5) is 5.23. The van der Waals surface area contributed by atoms with Crippen molar-refractivity contribution in [1.82, 2.24) is 4.98 Å². The first-order chi connectivity index (χ1) is 7.86. The predicted molar refractivity (Wildman–Crippen MR) is 69.5 cm³/mol. The van der Waals surface area contributed by atoms with Gasteiger partial charge in [0.05, 0.1) is 10.6 Å². The summed E-state index contributed by atoms with van der Waals surface area (Å²) in [7, 11) is 0. The molecule has 1 aromatic carbocycles. The van der Waals surface area contributed by atoms with Crippen LogP contribution in [0.1, 0.15) is 0 Å². The zero-order chi connectivity index (χ0) is 11.0. The number of aromatic nitrogens is 1. The maximum Gasteiger partial charge on any atom is 0.0600 e. The van der Waals surface area contributed by atoms with Gasteiger partial charge in [-0.05, 0) is 12.1 Å². The molecule has 0 saturated carbocycles. The van der Waals surface area contributed by atoms with Crippen LogP contribution in [0, 0.1) is 0 Å². The second-order valence-corrected chi connectivity index (χ2v) is 4.63. The smallest absolute Gasteiger partial charge is 0.0600 e. The summed E-state index contributed by atoms with van der Waals surface area (Å²) in [6.45, 7) is 0. The predicted octanol–water partition coefficient (Wildman–Crippen LogP) is 3.55. The first kappa shape index (κ1) is 9.36. The van der Waals surface area contributed by atoms with Crippen molar-refractivity contribution in [3.05, 3.63) is 48.8 Å². The van der Waals surface area contributed by atoms with Crippen molar-refractivity contribution in [2.45, 2.75) is 0 Å². The fraction of sp³-hybridized carbons (Fsp3) is 0. The van der Waals surface area contributed by atoms with Crippen molar-refractivity contribution < 1.29 is 0 Å². The lowest BCUT2D eigenvalue weighted by atomic mass is 10.1. The van der Waals surface area contributed by atoms with Crippen LogP contribution in [0.5, 0.6) is 0 Å². The number of nitrogens with two attached hydrogens (primary N) is 1. The molecule has 0 unspecified atom stereocenters. The molecule has 0 bridgehead atoms. The lowest BCUT2D eigenvalue weighted by molar-refractivity contribution is 1.33. The van der Waals surface area contributed by atoms with Gasteiger partial charge in [0.1, 0.15) is 0 Å². The molecule has 0 fully saturated rings. The molecule has 0 radical (unpaired) electrons. The van der Waals surface area contributed by atoms with E-state index in [1.54, 1.807) is 17.5 Å². The van der Waals surface area contributed by atoms with E-state index in [1.807, 2.05) is 30.5 Å². The Morgan fingerprint density at radius 2 is 1.94 bits per heavy atom. The highest BCUT2D eigenvalue weighted by atomic mass is 32.1. The number of anilines is 1. The van der Waals surface area contributed by atoms with Crippen molar-refractivity contribution in [2.24, 2.45) is 0 Å². The van der Waals surface area contributed by atoms with Gasteiger partial charge in [-0.15, -0.1) is 11.3 Å². The van der Waals surface area contributed by atoms with Crippen LogP contribution in [-0.2, 0) is 0 Å². The Morgan fingerprint density at radius 1 is 1.06 bits per heavy atom. The highest BCUT2D eigenvalue weighted by molar-refractivity contribution is 7.23. The third-order valence-electron chi connectivity index (χ3n) is 2.56. The van der Waals surface area contributed by atoms with Crippen molar-refractivity contribution in [3.8, 4) is 10.4 Å². The Labute approximate surface area is 97.4 Å². The Balaban J connectivity index is 2.29. The van der Waals surface area contributed by atoms with E-state index < -0.39 is 0 Å². The summed E-state index contributed by atoms with van der Waals surface area (Å²) in [5.74, 6) is 0. The van der Waals surface area contributed by atoms with Crippen LogP contribution in [0.2, 0.25) is 0 Å². The molecule has 0 aliphatic heterocycles. The number of pyridine rings is 1. The summed E-state index contributed by atoms with van der Waals surface area (Å²) < 4.78 is 1.22. The number of nitrogens with zero attached hydrogens (tertiary/aromatic N) is 1. The second kappa shape index (κ2) is 3.61. The fourth-order valence-corrected chi connectivity index (χ4v) is 2.89. The second-order valence-electron chi connectivity index (χ2n) is 3.58. The van der Waals surface area contributed by atoms with E-state index >= 15 is 0 Å². The molecule has 3 aromatic rings. The normalized spacial score (nSPS) is 10.8. The van der Waals surface area contributed by atoms with Gasteiger partial charge in [0.25, 0.3) is 0 Å². The van der Waals surface area contributed by atoms with Crippen LogP contribution in [0.3, 0.4) is 0 Å². The molecule has 0 aliphatic carbocycles. The van der Waals surface area contributed by atoms with Crippen LogP contribution in [-0.4, -0.2) is 4.98 Å². The summed E-state index contributed by atoms with van der Waals surface area (Å²) in [5, 5.41) is 1.13. The van der Waals surface area contributed by atoms with Crippen LogP contribution < -0.4 is 5.73 Å². The average Bonchev–Trinajstić information content (AvgIpc) is 2.69. The van der Waals surface area contributed by atoms with Crippen molar-refractivity contribution in [2.75, 3.05) is 5.73 Å². The van der Waals surface area contributed by atoms with Gasteiger partial charge in [0, 0.05) is 28.0 Å². The Kier molecular flexibility index (Phi) is 2.11. The lowest BCUT2D eigenvalue weighted by Crippen LogP contribution is -1.85. The molecule has 0 amide bonds. The third-order valence-corrected chi connectivity index (χ3v) is 3.79. The van der Waals surface area contributed by atoms with Crippen LogP contribution >= 0.6 is 11.3 Å². The molecule has 0 aliphatic rings. The van der Waals surface area contributed by atoms with E-state index in [9.17, 15) is 0 Å². The number of hydrogen-bond acceptors (Lipinski definition) is 3. The molecule has 16 heavy (non-hydrogen) atoms. The van der Waals surface area contributed by atoms with Gasteiger partial charge < -0.3 is 5.73 Å². The van der Waals surface area contributed by atoms with Crippen molar-refractivity contribution in [3.63, 3.8) is 0 Å². The van der Waals surface area contributed by atoms with Crippen molar-refractivity contribution >= 4 is 27.1 Å². The summed E-state index contributed by atoms with van der Waals surface area (Å²) in [5.41, 5.74) is 8.09. The maximum absolute atomic E-state index is 6.15. The number of nitrogen functional groups attached to an aromatic ring is 1. The van der Waals surface area contributed by atoms with E-state index in [2.05, 4.69) is 17.1 Å². The molecule has 78 valence electrons. The monoisotopic (exact) mass is 226 g/mol. The summed E-state index contributed by atoms with van der Waals surface area (Å²) in [6.07, 6.45) is 3.62. The van der Waals surface area contributed by atoms with Gasteiger partial charge in [0.15, 0.2) is 0 Å². The Bertz CT molecular complexity index is 629. The van der Waals surface area contributed by atoms with E-state index in [-0.39, 0.29) is 0 Å². The lowest BCUT2D eigenvalue weighted by Gasteiger charge is -1.97. The summed E-state index contributed by atoms with van der Waals surface area (Å²) in [6, 6.07) is 12.2. The largest absolute Gasteiger partial charge is 0.397 e. The SMILES string of the molecule is Nc1c(-c2cccnc2)sc2ccccc12.